The van der Waals surface area contributed by atoms with Gasteiger partial charge in [0, 0.05) is 5.56 Å². The average Bonchev–Trinajstić information content (AvgIpc) is 2.98. The molecular weight excluding hydrogens is 364 g/mol. The number of carbonyl (C=O) groups excluding carboxylic acids is 3. The Bertz CT molecular complexity index is 997. The summed E-state index contributed by atoms with van der Waals surface area (Å²) in [6.07, 6.45) is 3.83. The molecule has 1 saturated heterocycles. The van der Waals surface area contributed by atoms with E-state index in [1.54, 1.807) is 0 Å². The third kappa shape index (κ3) is 3.15. The van der Waals surface area contributed by atoms with Crippen molar-refractivity contribution in [1.29, 1.82) is 0 Å². The van der Waals surface area contributed by atoms with E-state index in [1.807, 2.05) is 56.3 Å². The molecule has 2 aromatic carbocycles. The van der Waals surface area contributed by atoms with E-state index < -0.39 is 11.6 Å². The van der Waals surface area contributed by atoms with Gasteiger partial charge >= 0.3 is 6.03 Å². The molecule has 1 aliphatic carbocycles. The lowest BCUT2D eigenvalue weighted by atomic mass is 9.76. The minimum absolute atomic E-state index is 0.193. The normalized spacial score (nSPS) is 20.7. The number of benzene rings is 2. The van der Waals surface area contributed by atoms with Gasteiger partial charge in [0.15, 0.2) is 5.78 Å². The van der Waals surface area contributed by atoms with Gasteiger partial charge in [-0.1, -0.05) is 50.2 Å². The molecule has 2 aliphatic rings. The van der Waals surface area contributed by atoms with Crippen molar-refractivity contribution in [1.82, 2.24) is 10.2 Å². The molecule has 3 amide bonds. The second-order valence-corrected chi connectivity index (χ2v) is 7.86. The van der Waals surface area contributed by atoms with Gasteiger partial charge in [0.25, 0.3) is 5.91 Å². The van der Waals surface area contributed by atoms with Gasteiger partial charge in [0.1, 0.15) is 5.54 Å². The summed E-state index contributed by atoms with van der Waals surface area (Å²) in [6.45, 7) is 3.81. The van der Waals surface area contributed by atoms with Crippen LogP contribution in [0.1, 0.15) is 59.3 Å². The quantitative estimate of drug-likeness (QED) is 0.624. The van der Waals surface area contributed by atoms with Crippen molar-refractivity contribution in [2.45, 2.75) is 51.5 Å². The maximum absolute atomic E-state index is 13.4. The van der Waals surface area contributed by atoms with E-state index in [1.165, 1.54) is 0 Å². The molecule has 0 saturated carbocycles. The van der Waals surface area contributed by atoms with E-state index in [0.29, 0.717) is 12.0 Å². The summed E-state index contributed by atoms with van der Waals surface area (Å²) in [7, 11) is 0. The first-order chi connectivity index (χ1) is 14.0. The molecule has 2 aromatic rings. The Balaban J connectivity index is 1.64. The number of carbonyl (C=O) groups is 3. The minimum Gasteiger partial charge on any atom is -0.319 e. The van der Waals surface area contributed by atoms with Crippen molar-refractivity contribution < 1.29 is 14.4 Å². The molecule has 1 spiro atoms. The molecule has 1 fully saturated rings. The number of hydrogen-bond donors (Lipinski definition) is 1. The van der Waals surface area contributed by atoms with E-state index in [2.05, 4.69) is 5.32 Å². The molecule has 5 nitrogen and oxygen atoms in total. The van der Waals surface area contributed by atoms with Gasteiger partial charge in [0.05, 0.1) is 6.54 Å². The van der Waals surface area contributed by atoms with Crippen LogP contribution in [0.3, 0.4) is 0 Å². The number of nitrogens with zero attached hydrogens (tertiary/aromatic N) is 1. The zero-order valence-electron chi connectivity index (χ0n) is 17.0. The highest BCUT2D eigenvalue weighted by Crippen LogP contribution is 2.39. The third-order valence-corrected chi connectivity index (χ3v) is 6.22. The van der Waals surface area contributed by atoms with E-state index in [0.717, 1.165) is 52.8 Å². The van der Waals surface area contributed by atoms with Gasteiger partial charge in [-0.3, -0.25) is 14.5 Å². The molecule has 0 bridgehead atoms. The minimum atomic E-state index is -1.04. The number of ketones is 1. The van der Waals surface area contributed by atoms with Gasteiger partial charge in [-0.15, -0.1) is 0 Å². The van der Waals surface area contributed by atoms with Crippen LogP contribution in [-0.4, -0.2) is 29.2 Å². The first-order valence-electron chi connectivity index (χ1n) is 10.4. The van der Waals surface area contributed by atoms with Gasteiger partial charge in [-0.2, -0.15) is 0 Å². The van der Waals surface area contributed by atoms with Crippen LogP contribution in [0.2, 0.25) is 0 Å². The Morgan fingerprint density at radius 3 is 2.66 bits per heavy atom. The molecule has 0 radical (unpaired) electrons. The molecule has 1 aliphatic heterocycles. The highest BCUT2D eigenvalue weighted by Gasteiger charge is 2.54. The Hall–Kier alpha value is -2.95. The topological polar surface area (TPSA) is 66.5 Å². The first kappa shape index (κ1) is 19.4. The fourth-order valence-corrected chi connectivity index (χ4v) is 4.60. The fourth-order valence-electron chi connectivity index (χ4n) is 4.60. The number of imide groups is 1. The second-order valence-electron chi connectivity index (χ2n) is 7.86. The standard InChI is InChI=1S/C24H26N2O3/c1-3-16-11-12-17(4-2)19(14-16)21(27)15-26-22(28)24(25-23(26)29)13-7-9-18-8-5-6-10-20(18)24/h5-6,8,10-12,14H,3-4,7,9,13,15H2,1-2H3,(H,25,29). The van der Waals surface area contributed by atoms with Crippen LogP contribution >= 0.6 is 0 Å². The highest BCUT2D eigenvalue weighted by molar-refractivity contribution is 6.12. The van der Waals surface area contributed by atoms with E-state index >= 15 is 0 Å². The Morgan fingerprint density at radius 2 is 1.90 bits per heavy atom. The zero-order chi connectivity index (χ0) is 20.6. The number of Topliss-reactive ketones (excluding diaryl/α,β-unsaturated/α-hetero) is 1. The predicted octanol–water partition coefficient (Wildman–Crippen LogP) is 3.78. The predicted molar refractivity (Wildman–Crippen MR) is 111 cm³/mol. The SMILES string of the molecule is CCc1ccc(CC)c(C(=O)CN2C(=O)NC3(CCCc4ccccc43)C2=O)c1. The molecule has 1 unspecified atom stereocenters. The van der Waals surface area contributed by atoms with Gasteiger partial charge < -0.3 is 5.32 Å². The summed E-state index contributed by atoms with van der Waals surface area (Å²) in [6, 6.07) is 13.2. The monoisotopic (exact) mass is 390 g/mol. The lowest BCUT2D eigenvalue weighted by Gasteiger charge is -2.33. The smallest absolute Gasteiger partial charge is 0.319 e. The van der Waals surface area contributed by atoms with Crippen LogP contribution < -0.4 is 5.32 Å². The molecular formula is C24H26N2O3. The average molecular weight is 390 g/mol. The number of rotatable bonds is 5. The summed E-state index contributed by atoms with van der Waals surface area (Å²) in [4.78, 5) is 40.3. The molecule has 4 rings (SSSR count). The van der Waals surface area contributed by atoms with Crippen molar-refractivity contribution in [3.8, 4) is 0 Å². The summed E-state index contributed by atoms with van der Waals surface area (Å²) in [5, 5.41) is 2.92. The van der Waals surface area contributed by atoms with Gasteiger partial charge in [-0.25, -0.2) is 4.79 Å². The maximum atomic E-state index is 13.4. The molecule has 1 heterocycles. The van der Waals surface area contributed by atoms with Crippen LogP contribution in [0.25, 0.3) is 0 Å². The van der Waals surface area contributed by atoms with Crippen molar-refractivity contribution in [3.05, 3.63) is 70.3 Å². The van der Waals surface area contributed by atoms with Crippen molar-refractivity contribution in [2.75, 3.05) is 6.54 Å². The number of hydrogen-bond acceptors (Lipinski definition) is 3. The summed E-state index contributed by atoms with van der Waals surface area (Å²) >= 11 is 0. The molecule has 1 N–H and O–H groups in total. The van der Waals surface area contributed by atoms with Crippen LogP contribution in [-0.2, 0) is 29.6 Å². The Labute approximate surface area is 171 Å². The summed E-state index contributed by atoms with van der Waals surface area (Å²) < 4.78 is 0. The lowest BCUT2D eigenvalue weighted by molar-refractivity contribution is -0.131. The zero-order valence-corrected chi connectivity index (χ0v) is 17.0. The number of amides is 3. The first-order valence-corrected chi connectivity index (χ1v) is 10.4. The van der Waals surface area contributed by atoms with E-state index in [9.17, 15) is 14.4 Å². The molecule has 0 aromatic heterocycles. The van der Waals surface area contributed by atoms with Crippen molar-refractivity contribution in [2.24, 2.45) is 0 Å². The molecule has 29 heavy (non-hydrogen) atoms. The Kier molecular flexibility index (Phi) is 4.99. The third-order valence-electron chi connectivity index (χ3n) is 6.22. The van der Waals surface area contributed by atoms with E-state index in [-0.39, 0.29) is 18.2 Å². The molecule has 1 atom stereocenters. The summed E-state index contributed by atoms with van der Waals surface area (Å²) in [5.74, 6) is -0.505. The van der Waals surface area contributed by atoms with Crippen LogP contribution in [0.5, 0.6) is 0 Å². The number of fused-ring (bicyclic) bond motifs is 2. The van der Waals surface area contributed by atoms with Crippen LogP contribution in [0.4, 0.5) is 4.79 Å². The molecule has 150 valence electrons. The highest BCUT2D eigenvalue weighted by atomic mass is 16.2. The fraction of sp³-hybridized carbons (Fsp3) is 0.375. The van der Waals surface area contributed by atoms with Gasteiger partial charge in [-0.05, 0) is 60.4 Å². The lowest BCUT2D eigenvalue weighted by Crippen LogP contribution is -2.46. The van der Waals surface area contributed by atoms with Crippen molar-refractivity contribution >= 4 is 17.7 Å². The number of urea groups is 1. The second kappa shape index (κ2) is 7.47. The largest absolute Gasteiger partial charge is 0.325 e. The Morgan fingerprint density at radius 1 is 1.10 bits per heavy atom. The van der Waals surface area contributed by atoms with Crippen molar-refractivity contribution in [3.63, 3.8) is 0 Å². The van der Waals surface area contributed by atoms with E-state index in [4.69, 9.17) is 0 Å². The van der Waals surface area contributed by atoms with Gasteiger partial charge in [0.2, 0.25) is 0 Å². The van der Waals surface area contributed by atoms with Crippen LogP contribution in [0.15, 0.2) is 42.5 Å². The van der Waals surface area contributed by atoms with Crippen LogP contribution in [0, 0.1) is 0 Å². The molecule has 5 heteroatoms. The number of aryl methyl sites for hydroxylation is 3. The maximum Gasteiger partial charge on any atom is 0.325 e. The number of nitrogens with one attached hydrogen (secondary N) is 1. The summed E-state index contributed by atoms with van der Waals surface area (Å²) in [5.41, 5.74) is 3.53.